The molecule has 1 rings (SSSR count). The van der Waals surface area contributed by atoms with E-state index in [-0.39, 0.29) is 5.78 Å². The Morgan fingerprint density at radius 3 is 2.80 bits per heavy atom. The van der Waals surface area contributed by atoms with Crippen molar-refractivity contribution in [1.29, 1.82) is 0 Å². The van der Waals surface area contributed by atoms with Gasteiger partial charge in [0.1, 0.15) is 0 Å². The zero-order valence-electron chi connectivity index (χ0n) is 9.66. The lowest BCUT2D eigenvalue weighted by Crippen LogP contribution is -2.20. The lowest BCUT2D eigenvalue weighted by Gasteiger charge is -2.16. The average molecular weight is 211 g/mol. The van der Waals surface area contributed by atoms with E-state index in [9.17, 15) is 4.79 Å². The summed E-state index contributed by atoms with van der Waals surface area (Å²) < 4.78 is 5.24. The van der Waals surface area contributed by atoms with Crippen molar-refractivity contribution in [3.63, 3.8) is 0 Å². The van der Waals surface area contributed by atoms with Crippen molar-refractivity contribution in [3.8, 4) is 0 Å². The minimum absolute atomic E-state index is 0.114. The lowest BCUT2D eigenvalue weighted by molar-refractivity contribution is -0.119. The first-order valence-electron chi connectivity index (χ1n) is 5.69. The van der Waals surface area contributed by atoms with Gasteiger partial charge in [-0.25, -0.2) is 0 Å². The predicted molar refractivity (Wildman–Crippen MR) is 60.3 cm³/mol. The topological polar surface area (TPSA) is 52.3 Å². The molecule has 0 aromatic rings. The lowest BCUT2D eigenvalue weighted by atomic mass is 9.92. The summed E-state index contributed by atoms with van der Waals surface area (Å²) in [7, 11) is 0. The first-order valence-corrected chi connectivity index (χ1v) is 5.69. The molecule has 2 N–H and O–H groups in total. The summed E-state index contributed by atoms with van der Waals surface area (Å²) >= 11 is 0. The van der Waals surface area contributed by atoms with Gasteiger partial charge < -0.3 is 10.5 Å². The van der Waals surface area contributed by atoms with Gasteiger partial charge in [-0.15, -0.1) is 0 Å². The summed E-state index contributed by atoms with van der Waals surface area (Å²) in [6, 6.07) is 0. The van der Waals surface area contributed by atoms with Crippen molar-refractivity contribution in [2.75, 3.05) is 13.2 Å². The summed E-state index contributed by atoms with van der Waals surface area (Å²) in [6.07, 6.45) is 4.28. The average Bonchev–Trinajstić information content (AvgIpc) is 2.68. The molecule has 0 spiro atoms. The van der Waals surface area contributed by atoms with Crippen LogP contribution in [0.1, 0.15) is 33.1 Å². The Labute approximate surface area is 91.7 Å². The quantitative estimate of drug-likeness (QED) is 0.729. The standard InChI is InChI=1S/C12H21NO2/c1-9(2)6-10(8-13)7-11(14)12-4-3-5-15-12/h4,9-10H,3,5-8,13H2,1-2H3. The maximum Gasteiger partial charge on any atom is 0.197 e. The fourth-order valence-corrected chi connectivity index (χ4v) is 1.90. The molecule has 3 nitrogen and oxygen atoms in total. The SMILES string of the molecule is CC(C)CC(CN)CC(=O)C1=CCCO1. The molecule has 0 aliphatic carbocycles. The number of Topliss-reactive ketones (excluding diaryl/α,β-unsaturated/α-hetero) is 1. The molecule has 0 bridgehead atoms. The zero-order chi connectivity index (χ0) is 11.3. The molecule has 0 aromatic heterocycles. The second-order valence-corrected chi connectivity index (χ2v) is 4.56. The molecule has 1 atom stereocenters. The molecular formula is C12H21NO2. The van der Waals surface area contributed by atoms with Crippen molar-refractivity contribution in [1.82, 2.24) is 0 Å². The first-order chi connectivity index (χ1) is 7.13. The van der Waals surface area contributed by atoms with E-state index in [2.05, 4.69) is 13.8 Å². The number of carbonyl (C=O) groups is 1. The number of hydrogen-bond donors (Lipinski definition) is 1. The molecule has 1 heterocycles. The van der Waals surface area contributed by atoms with Crippen LogP contribution in [0.4, 0.5) is 0 Å². The van der Waals surface area contributed by atoms with E-state index in [1.165, 1.54) is 0 Å². The van der Waals surface area contributed by atoms with E-state index in [0.29, 0.717) is 37.2 Å². The molecule has 1 unspecified atom stereocenters. The minimum atomic E-state index is 0.114. The molecule has 0 fully saturated rings. The summed E-state index contributed by atoms with van der Waals surface area (Å²) in [5.74, 6) is 1.55. The van der Waals surface area contributed by atoms with Crippen LogP contribution in [0.25, 0.3) is 0 Å². The molecule has 0 radical (unpaired) electrons. The Balaban J connectivity index is 2.40. The maximum absolute atomic E-state index is 11.7. The van der Waals surface area contributed by atoms with Crippen LogP contribution in [-0.2, 0) is 9.53 Å². The minimum Gasteiger partial charge on any atom is -0.490 e. The number of hydrogen-bond acceptors (Lipinski definition) is 3. The van der Waals surface area contributed by atoms with Crippen LogP contribution in [0.15, 0.2) is 11.8 Å². The largest absolute Gasteiger partial charge is 0.490 e. The van der Waals surface area contributed by atoms with E-state index < -0.39 is 0 Å². The van der Waals surface area contributed by atoms with Crippen LogP contribution in [0, 0.1) is 11.8 Å². The van der Waals surface area contributed by atoms with Gasteiger partial charge in [-0.1, -0.05) is 13.8 Å². The number of carbonyl (C=O) groups excluding carboxylic acids is 1. The number of allylic oxidation sites excluding steroid dienone is 1. The third-order valence-electron chi connectivity index (χ3n) is 2.59. The summed E-state index contributed by atoms with van der Waals surface area (Å²) in [5.41, 5.74) is 5.66. The van der Waals surface area contributed by atoms with Gasteiger partial charge in [-0.2, -0.15) is 0 Å². The summed E-state index contributed by atoms with van der Waals surface area (Å²) in [6.45, 7) is 5.53. The van der Waals surface area contributed by atoms with Crippen molar-refractivity contribution < 1.29 is 9.53 Å². The van der Waals surface area contributed by atoms with Gasteiger partial charge in [0.05, 0.1) is 6.61 Å². The molecule has 0 saturated heterocycles. The van der Waals surface area contributed by atoms with Crippen LogP contribution in [0.3, 0.4) is 0 Å². The fraction of sp³-hybridized carbons (Fsp3) is 0.750. The van der Waals surface area contributed by atoms with Gasteiger partial charge in [-0.3, -0.25) is 4.79 Å². The van der Waals surface area contributed by atoms with Crippen molar-refractivity contribution in [2.24, 2.45) is 17.6 Å². The Bertz CT molecular complexity index is 246. The van der Waals surface area contributed by atoms with E-state index in [1.54, 1.807) is 0 Å². The van der Waals surface area contributed by atoms with Crippen LogP contribution in [0.2, 0.25) is 0 Å². The van der Waals surface area contributed by atoms with Gasteiger partial charge in [0.15, 0.2) is 11.5 Å². The first kappa shape index (κ1) is 12.2. The molecule has 3 heteroatoms. The third-order valence-corrected chi connectivity index (χ3v) is 2.59. The highest BCUT2D eigenvalue weighted by molar-refractivity contribution is 5.93. The van der Waals surface area contributed by atoms with Crippen LogP contribution in [-0.4, -0.2) is 18.9 Å². The number of nitrogens with two attached hydrogens (primary N) is 1. The van der Waals surface area contributed by atoms with Gasteiger partial charge >= 0.3 is 0 Å². The Kier molecular flexibility index (Phi) is 4.82. The second kappa shape index (κ2) is 5.91. The molecule has 1 aliphatic rings. The fourth-order valence-electron chi connectivity index (χ4n) is 1.90. The molecule has 0 saturated carbocycles. The highest BCUT2D eigenvalue weighted by Crippen LogP contribution is 2.19. The smallest absolute Gasteiger partial charge is 0.197 e. The Hall–Kier alpha value is -0.830. The van der Waals surface area contributed by atoms with E-state index >= 15 is 0 Å². The summed E-state index contributed by atoms with van der Waals surface area (Å²) in [5, 5.41) is 0. The third kappa shape index (κ3) is 4.04. The van der Waals surface area contributed by atoms with Gasteiger partial charge in [-0.05, 0) is 30.9 Å². The zero-order valence-corrected chi connectivity index (χ0v) is 9.66. The number of ketones is 1. The normalized spacial score (nSPS) is 17.5. The maximum atomic E-state index is 11.7. The molecular weight excluding hydrogens is 190 g/mol. The number of ether oxygens (including phenoxy) is 1. The van der Waals surface area contributed by atoms with Crippen LogP contribution in [0.5, 0.6) is 0 Å². The van der Waals surface area contributed by atoms with Gasteiger partial charge in [0.25, 0.3) is 0 Å². The highest BCUT2D eigenvalue weighted by atomic mass is 16.5. The molecule has 86 valence electrons. The van der Waals surface area contributed by atoms with Crippen LogP contribution < -0.4 is 5.73 Å². The molecule has 15 heavy (non-hydrogen) atoms. The van der Waals surface area contributed by atoms with Crippen molar-refractivity contribution in [3.05, 3.63) is 11.8 Å². The van der Waals surface area contributed by atoms with Crippen molar-refractivity contribution >= 4 is 5.78 Å². The Morgan fingerprint density at radius 2 is 2.33 bits per heavy atom. The molecule has 0 aromatic carbocycles. The molecule has 0 amide bonds. The van der Waals surface area contributed by atoms with Gasteiger partial charge in [0.2, 0.25) is 0 Å². The Morgan fingerprint density at radius 1 is 1.60 bits per heavy atom. The monoisotopic (exact) mass is 211 g/mol. The van der Waals surface area contributed by atoms with E-state index in [0.717, 1.165) is 12.8 Å². The molecule has 1 aliphatic heterocycles. The van der Waals surface area contributed by atoms with E-state index in [1.807, 2.05) is 6.08 Å². The predicted octanol–water partition coefficient (Wildman–Crippen LogP) is 1.87. The van der Waals surface area contributed by atoms with E-state index in [4.69, 9.17) is 10.5 Å². The van der Waals surface area contributed by atoms with Crippen LogP contribution >= 0.6 is 0 Å². The summed E-state index contributed by atoms with van der Waals surface area (Å²) in [4.78, 5) is 11.7. The van der Waals surface area contributed by atoms with Gasteiger partial charge in [0, 0.05) is 12.8 Å². The second-order valence-electron chi connectivity index (χ2n) is 4.56. The van der Waals surface area contributed by atoms with Crippen molar-refractivity contribution in [2.45, 2.75) is 33.1 Å². The number of rotatable bonds is 6. The highest BCUT2D eigenvalue weighted by Gasteiger charge is 2.19.